The molecule has 6 nitrogen and oxygen atoms in total. The number of rotatable bonds is 8. The Morgan fingerprint density at radius 1 is 1.24 bits per heavy atom. The molecule has 1 saturated carbocycles. The quantitative estimate of drug-likeness (QED) is 0.616. The van der Waals surface area contributed by atoms with Crippen molar-refractivity contribution >= 4 is 21.7 Å². The zero-order chi connectivity index (χ0) is 17.9. The van der Waals surface area contributed by atoms with Crippen LogP contribution in [0.15, 0.2) is 34.7 Å². The number of carboxylic acid groups (broad SMARTS) is 1. The van der Waals surface area contributed by atoms with Crippen LogP contribution >= 0.6 is 0 Å². The van der Waals surface area contributed by atoms with Crippen LogP contribution in [-0.2, 0) is 10.0 Å². The number of carbonyl (C=O) groups is 1. The maximum absolute atomic E-state index is 12.3. The fraction of sp³-hybridized carbons (Fsp3) is 0.500. The molecule has 7 heteroatoms. The summed E-state index contributed by atoms with van der Waals surface area (Å²) in [4.78, 5) is 11.5. The molecule has 0 amide bonds. The van der Waals surface area contributed by atoms with Gasteiger partial charge in [-0.15, -0.1) is 0 Å². The molecule has 0 radical (unpaired) electrons. The van der Waals surface area contributed by atoms with Gasteiger partial charge in [-0.1, -0.05) is 11.6 Å². The number of allylic oxidation sites excluding steroid dienone is 1. The Hall–Kier alpha value is -1.86. The third kappa shape index (κ3) is 4.83. The number of anilines is 1. The zero-order valence-corrected chi connectivity index (χ0v) is 14.9. The number of aromatic carboxylic acids is 1. The fourth-order valence-electron chi connectivity index (χ4n) is 3.00. The summed E-state index contributed by atoms with van der Waals surface area (Å²) in [5.41, 5.74) is 1.84. The maximum Gasteiger partial charge on any atom is 0.337 e. The molecule has 0 aliphatic heterocycles. The van der Waals surface area contributed by atoms with E-state index in [1.54, 1.807) is 6.07 Å². The first-order valence-electron chi connectivity index (χ1n) is 8.77. The van der Waals surface area contributed by atoms with E-state index in [2.05, 4.69) is 16.1 Å². The van der Waals surface area contributed by atoms with Crippen LogP contribution in [0, 0.1) is 0 Å². The molecule has 0 bridgehead atoms. The SMILES string of the molecule is O=C(O)c1cc(S(=O)(=O)NC2CC2)ccc1NCCC1=CCCCC1. The molecule has 1 aromatic rings. The number of carboxylic acids is 1. The van der Waals surface area contributed by atoms with E-state index in [-0.39, 0.29) is 16.5 Å². The Balaban J connectivity index is 1.70. The van der Waals surface area contributed by atoms with Gasteiger partial charge in [0.15, 0.2) is 0 Å². The molecule has 3 rings (SSSR count). The minimum atomic E-state index is -3.66. The van der Waals surface area contributed by atoms with Crippen molar-refractivity contribution in [3.63, 3.8) is 0 Å². The summed E-state index contributed by atoms with van der Waals surface area (Å²) in [5.74, 6) is -1.14. The lowest BCUT2D eigenvalue weighted by molar-refractivity contribution is 0.0697. The average Bonchev–Trinajstić information content (AvgIpc) is 3.39. The smallest absolute Gasteiger partial charge is 0.337 e. The van der Waals surface area contributed by atoms with Gasteiger partial charge in [0.05, 0.1) is 10.5 Å². The van der Waals surface area contributed by atoms with Crippen LogP contribution in [0.5, 0.6) is 0 Å². The molecule has 3 N–H and O–H groups in total. The molecule has 1 fully saturated rings. The van der Waals surface area contributed by atoms with Crippen LogP contribution in [0.2, 0.25) is 0 Å². The topological polar surface area (TPSA) is 95.5 Å². The summed E-state index contributed by atoms with van der Waals surface area (Å²) in [7, 11) is -3.66. The second kappa shape index (κ2) is 7.58. The Bertz CT molecular complexity index is 782. The van der Waals surface area contributed by atoms with E-state index in [0.29, 0.717) is 12.2 Å². The Kier molecular flexibility index (Phi) is 5.44. The highest BCUT2D eigenvalue weighted by atomic mass is 32.2. The van der Waals surface area contributed by atoms with E-state index < -0.39 is 16.0 Å². The second-order valence-corrected chi connectivity index (χ2v) is 8.41. The fourth-order valence-corrected chi connectivity index (χ4v) is 4.33. The molecular weight excluding hydrogens is 340 g/mol. The minimum Gasteiger partial charge on any atom is -0.478 e. The molecule has 136 valence electrons. The maximum atomic E-state index is 12.3. The number of nitrogens with one attached hydrogen (secondary N) is 2. The van der Waals surface area contributed by atoms with Crippen LogP contribution < -0.4 is 10.0 Å². The van der Waals surface area contributed by atoms with Crippen LogP contribution in [0.1, 0.15) is 55.3 Å². The van der Waals surface area contributed by atoms with Gasteiger partial charge in [-0.25, -0.2) is 17.9 Å². The van der Waals surface area contributed by atoms with Crippen molar-refractivity contribution in [2.24, 2.45) is 0 Å². The first kappa shape index (κ1) is 17.9. The highest BCUT2D eigenvalue weighted by Crippen LogP contribution is 2.25. The largest absolute Gasteiger partial charge is 0.478 e. The second-order valence-electron chi connectivity index (χ2n) is 6.69. The van der Waals surface area contributed by atoms with Gasteiger partial charge in [0.25, 0.3) is 0 Å². The van der Waals surface area contributed by atoms with E-state index >= 15 is 0 Å². The summed E-state index contributed by atoms with van der Waals surface area (Å²) in [6, 6.07) is 4.22. The van der Waals surface area contributed by atoms with Crippen molar-refractivity contribution in [2.45, 2.75) is 55.9 Å². The van der Waals surface area contributed by atoms with Crippen molar-refractivity contribution < 1.29 is 18.3 Å². The molecule has 0 saturated heterocycles. The summed E-state index contributed by atoms with van der Waals surface area (Å²) >= 11 is 0. The number of benzene rings is 1. The standard InChI is InChI=1S/C18H24N2O4S/c21-18(22)16-12-15(25(23,24)20-14-6-7-14)8-9-17(16)19-11-10-13-4-2-1-3-5-13/h4,8-9,12,14,19-20H,1-3,5-7,10-11H2,(H,21,22). The highest BCUT2D eigenvalue weighted by Gasteiger charge is 2.28. The molecule has 25 heavy (non-hydrogen) atoms. The zero-order valence-electron chi connectivity index (χ0n) is 14.1. The van der Waals surface area contributed by atoms with E-state index in [1.165, 1.54) is 30.5 Å². The summed E-state index contributed by atoms with van der Waals surface area (Å²) < 4.78 is 27.1. The van der Waals surface area contributed by atoms with Gasteiger partial charge in [-0.2, -0.15) is 0 Å². The number of hydrogen-bond donors (Lipinski definition) is 3. The molecule has 0 spiro atoms. The Morgan fingerprint density at radius 3 is 2.68 bits per heavy atom. The third-order valence-electron chi connectivity index (χ3n) is 4.58. The third-order valence-corrected chi connectivity index (χ3v) is 6.10. The van der Waals surface area contributed by atoms with E-state index in [1.807, 2.05) is 0 Å². The van der Waals surface area contributed by atoms with Crippen molar-refractivity contribution in [3.8, 4) is 0 Å². The predicted molar refractivity (Wildman–Crippen MR) is 96.4 cm³/mol. The lowest BCUT2D eigenvalue weighted by atomic mass is 9.97. The molecule has 1 aromatic carbocycles. The summed E-state index contributed by atoms with van der Waals surface area (Å²) in [6.07, 6.45) is 9.50. The van der Waals surface area contributed by atoms with Gasteiger partial charge in [0.2, 0.25) is 10.0 Å². The molecule has 2 aliphatic carbocycles. The predicted octanol–water partition coefficient (Wildman–Crippen LogP) is 3.13. The van der Waals surface area contributed by atoms with Crippen molar-refractivity contribution in [2.75, 3.05) is 11.9 Å². The van der Waals surface area contributed by atoms with Gasteiger partial charge in [-0.05, 0) is 63.1 Å². The van der Waals surface area contributed by atoms with Gasteiger partial charge in [0.1, 0.15) is 0 Å². The van der Waals surface area contributed by atoms with Crippen LogP contribution in [0.25, 0.3) is 0 Å². The van der Waals surface area contributed by atoms with Crippen LogP contribution in [-0.4, -0.2) is 32.1 Å². The highest BCUT2D eigenvalue weighted by molar-refractivity contribution is 7.89. The lowest BCUT2D eigenvalue weighted by Gasteiger charge is -2.15. The minimum absolute atomic E-state index is 0.00246. The lowest BCUT2D eigenvalue weighted by Crippen LogP contribution is -2.26. The van der Waals surface area contributed by atoms with Crippen molar-refractivity contribution in [1.82, 2.24) is 4.72 Å². The number of hydrogen-bond acceptors (Lipinski definition) is 4. The summed E-state index contributed by atoms with van der Waals surface area (Å²) in [5, 5.41) is 12.6. The molecule has 0 aromatic heterocycles. The first-order valence-corrected chi connectivity index (χ1v) is 10.3. The normalized spacial score (nSPS) is 17.8. The molecule has 0 unspecified atom stereocenters. The van der Waals surface area contributed by atoms with Crippen LogP contribution in [0.4, 0.5) is 5.69 Å². The van der Waals surface area contributed by atoms with Crippen LogP contribution in [0.3, 0.4) is 0 Å². The first-order chi connectivity index (χ1) is 12.0. The summed E-state index contributed by atoms with van der Waals surface area (Å²) in [6.45, 7) is 0.637. The van der Waals surface area contributed by atoms with E-state index in [4.69, 9.17) is 0 Å². The van der Waals surface area contributed by atoms with Crippen molar-refractivity contribution in [1.29, 1.82) is 0 Å². The molecular formula is C18H24N2O4S. The number of sulfonamides is 1. The monoisotopic (exact) mass is 364 g/mol. The molecule has 0 heterocycles. The Labute approximate surface area is 148 Å². The molecule has 0 atom stereocenters. The van der Waals surface area contributed by atoms with Gasteiger partial charge in [0, 0.05) is 18.3 Å². The van der Waals surface area contributed by atoms with Gasteiger partial charge in [-0.3, -0.25) is 0 Å². The van der Waals surface area contributed by atoms with Gasteiger partial charge >= 0.3 is 5.97 Å². The average molecular weight is 364 g/mol. The Morgan fingerprint density at radius 2 is 2.04 bits per heavy atom. The van der Waals surface area contributed by atoms with E-state index in [0.717, 1.165) is 32.1 Å². The van der Waals surface area contributed by atoms with E-state index in [9.17, 15) is 18.3 Å². The molecule has 2 aliphatic rings. The van der Waals surface area contributed by atoms with Gasteiger partial charge < -0.3 is 10.4 Å². The van der Waals surface area contributed by atoms with Crippen molar-refractivity contribution in [3.05, 3.63) is 35.4 Å².